The van der Waals surface area contributed by atoms with Crippen LogP contribution in [-0.4, -0.2) is 30.5 Å². The first kappa shape index (κ1) is 21.1. The Hall–Kier alpha value is -3.58. The summed E-state index contributed by atoms with van der Waals surface area (Å²) in [6, 6.07) is 29.7. The molecule has 0 fully saturated rings. The van der Waals surface area contributed by atoms with Gasteiger partial charge in [-0.25, -0.2) is 0 Å². The SMILES string of the molecule is N#CCCN(CCc1ccccc1)C(=O)c1cccc(OCCc2ccccc2)c1. The molecule has 0 unspecified atom stereocenters. The number of nitrogens with zero attached hydrogens (tertiary/aromatic N) is 2. The van der Waals surface area contributed by atoms with E-state index in [0.717, 1.165) is 12.8 Å². The molecule has 0 bridgehead atoms. The van der Waals surface area contributed by atoms with Crippen LogP contribution >= 0.6 is 0 Å². The molecule has 0 atom stereocenters. The standard InChI is InChI=1S/C26H26N2O2/c27-17-8-18-28(19-15-22-9-3-1-4-10-22)26(29)24-13-7-14-25(21-24)30-20-16-23-11-5-2-6-12-23/h1-7,9-14,21H,8,15-16,18-20H2. The molecule has 0 aliphatic rings. The molecule has 0 aliphatic heterocycles. The van der Waals surface area contributed by atoms with Crippen LogP contribution in [0.15, 0.2) is 84.9 Å². The van der Waals surface area contributed by atoms with E-state index in [9.17, 15) is 4.79 Å². The second-order valence-electron chi connectivity index (χ2n) is 7.05. The van der Waals surface area contributed by atoms with E-state index < -0.39 is 0 Å². The van der Waals surface area contributed by atoms with Gasteiger partial charge in [0.25, 0.3) is 5.91 Å². The lowest BCUT2D eigenvalue weighted by Crippen LogP contribution is -2.33. The largest absolute Gasteiger partial charge is 0.493 e. The normalized spacial score (nSPS) is 10.2. The number of carbonyl (C=O) groups is 1. The minimum Gasteiger partial charge on any atom is -0.493 e. The Bertz CT molecular complexity index is 965. The fourth-order valence-electron chi connectivity index (χ4n) is 3.24. The number of rotatable bonds is 10. The fraction of sp³-hybridized carbons (Fsp3) is 0.231. The summed E-state index contributed by atoms with van der Waals surface area (Å²) < 4.78 is 5.87. The van der Waals surface area contributed by atoms with Gasteiger partial charge in [-0.05, 0) is 35.7 Å². The molecule has 0 saturated carbocycles. The minimum absolute atomic E-state index is 0.0744. The Labute approximate surface area is 178 Å². The summed E-state index contributed by atoms with van der Waals surface area (Å²) in [5.41, 5.74) is 2.97. The number of nitriles is 1. The average Bonchev–Trinajstić information content (AvgIpc) is 2.80. The molecule has 152 valence electrons. The summed E-state index contributed by atoms with van der Waals surface area (Å²) in [5, 5.41) is 8.98. The summed E-state index contributed by atoms with van der Waals surface area (Å²) in [6.45, 7) is 1.54. The second kappa shape index (κ2) is 11.4. The maximum atomic E-state index is 13.1. The molecule has 0 radical (unpaired) electrons. The van der Waals surface area contributed by atoms with E-state index in [2.05, 4.69) is 18.2 Å². The molecule has 4 nitrogen and oxygen atoms in total. The number of amides is 1. The second-order valence-corrected chi connectivity index (χ2v) is 7.05. The van der Waals surface area contributed by atoms with Crippen molar-refractivity contribution in [2.24, 2.45) is 0 Å². The lowest BCUT2D eigenvalue weighted by Gasteiger charge is -2.22. The van der Waals surface area contributed by atoms with E-state index in [0.29, 0.717) is 37.4 Å². The molecule has 0 aromatic heterocycles. The number of hydrogen-bond donors (Lipinski definition) is 0. The molecule has 0 N–H and O–H groups in total. The number of benzene rings is 3. The molecule has 4 heteroatoms. The van der Waals surface area contributed by atoms with Crippen LogP contribution in [0, 0.1) is 11.3 Å². The summed E-state index contributed by atoms with van der Waals surface area (Å²) in [5.74, 6) is 0.606. The van der Waals surface area contributed by atoms with Gasteiger partial charge in [0.1, 0.15) is 5.75 Å². The van der Waals surface area contributed by atoms with Gasteiger partial charge in [0.2, 0.25) is 0 Å². The van der Waals surface area contributed by atoms with Gasteiger partial charge in [0.15, 0.2) is 0 Å². The molecular formula is C26H26N2O2. The zero-order valence-electron chi connectivity index (χ0n) is 17.0. The first-order valence-corrected chi connectivity index (χ1v) is 10.2. The van der Waals surface area contributed by atoms with E-state index in [-0.39, 0.29) is 5.91 Å². The lowest BCUT2D eigenvalue weighted by molar-refractivity contribution is 0.0760. The van der Waals surface area contributed by atoms with Crippen molar-refractivity contribution in [3.05, 3.63) is 102 Å². The van der Waals surface area contributed by atoms with E-state index in [1.165, 1.54) is 11.1 Å². The maximum Gasteiger partial charge on any atom is 0.254 e. The topological polar surface area (TPSA) is 53.3 Å². The van der Waals surface area contributed by atoms with E-state index in [4.69, 9.17) is 10.00 Å². The van der Waals surface area contributed by atoms with Crippen LogP contribution in [0.3, 0.4) is 0 Å². The molecule has 0 aliphatic carbocycles. The van der Waals surface area contributed by atoms with Crippen molar-refractivity contribution >= 4 is 5.91 Å². The first-order chi connectivity index (χ1) is 14.8. The minimum atomic E-state index is -0.0744. The first-order valence-electron chi connectivity index (χ1n) is 10.2. The van der Waals surface area contributed by atoms with Crippen molar-refractivity contribution in [1.82, 2.24) is 4.90 Å². The molecule has 1 amide bonds. The number of ether oxygens (including phenoxy) is 1. The van der Waals surface area contributed by atoms with Gasteiger partial charge in [-0.3, -0.25) is 4.79 Å². The molecule has 30 heavy (non-hydrogen) atoms. The maximum absolute atomic E-state index is 13.1. The molecule has 0 spiro atoms. The Morgan fingerprint density at radius 3 is 2.17 bits per heavy atom. The fourth-order valence-corrected chi connectivity index (χ4v) is 3.24. The van der Waals surface area contributed by atoms with Gasteiger partial charge in [0.05, 0.1) is 19.1 Å². The van der Waals surface area contributed by atoms with Crippen LogP contribution in [-0.2, 0) is 12.8 Å². The highest BCUT2D eigenvalue weighted by Gasteiger charge is 2.16. The van der Waals surface area contributed by atoms with Crippen molar-refractivity contribution in [2.45, 2.75) is 19.3 Å². The van der Waals surface area contributed by atoms with Gasteiger partial charge < -0.3 is 9.64 Å². The summed E-state index contributed by atoms with van der Waals surface area (Å²) in [7, 11) is 0. The Balaban J connectivity index is 1.61. The summed E-state index contributed by atoms with van der Waals surface area (Å²) in [4.78, 5) is 14.8. The lowest BCUT2D eigenvalue weighted by atomic mass is 10.1. The third-order valence-electron chi connectivity index (χ3n) is 4.88. The monoisotopic (exact) mass is 398 g/mol. The average molecular weight is 399 g/mol. The molecule has 0 heterocycles. The highest BCUT2D eigenvalue weighted by molar-refractivity contribution is 5.94. The van der Waals surface area contributed by atoms with E-state index in [1.807, 2.05) is 60.7 Å². The quantitative estimate of drug-likeness (QED) is 0.488. The van der Waals surface area contributed by atoms with Crippen molar-refractivity contribution in [2.75, 3.05) is 19.7 Å². The Kier molecular flexibility index (Phi) is 8.05. The van der Waals surface area contributed by atoms with Crippen LogP contribution in [0.5, 0.6) is 5.75 Å². The van der Waals surface area contributed by atoms with Crippen LogP contribution in [0.1, 0.15) is 27.9 Å². The molecule has 3 aromatic rings. The van der Waals surface area contributed by atoms with Crippen LogP contribution in [0.2, 0.25) is 0 Å². The number of hydrogen-bond acceptors (Lipinski definition) is 3. The predicted molar refractivity (Wildman–Crippen MR) is 118 cm³/mol. The van der Waals surface area contributed by atoms with Gasteiger partial charge in [-0.1, -0.05) is 66.7 Å². The summed E-state index contributed by atoms with van der Waals surface area (Å²) in [6.07, 6.45) is 1.88. The highest BCUT2D eigenvalue weighted by atomic mass is 16.5. The van der Waals surface area contributed by atoms with Gasteiger partial charge in [-0.15, -0.1) is 0 Å². The van der Waals surface area contributed by atoms with Crippen molar-refractivity contribution in [3.8, 4) is 11.8 Å². The molecule has 3 aromatic carbocycles. The predicted octanol–water partition coefficient (Wildman–Crippen LogP) is 4.91. The Morgan fingerprint density at radius 1 is 0.833 bits per heavy atom. The Morgan fingerprint density at radius 2 is 1.50 bits per heavy atom. The van der Waals surface area contributed by atoms with Crippen molar-refractivity contribution < 1.29 is 9.53 Å². The van der Waals surface area contributed by atoms with Crippen LogP contribution in [0.4, 0.5) is 0 Å². The highest BCUT2D eigenvalue weighted by Crippen LogP contribution is 2.16. The van der Waals surface area contributed by atoms with Crippen LogP contribution < -0.4 is 4.74 Å². The summed E-state index contributed by atoms with van der Waals surface area (Å²) >= 11 is 0. The molecular weight excluding hydrogens is 372 g/mol. The van der Waals surface area contributed by atoms with Crippen molar-refractivity contribution in [1.29, 1.82) is 5.26 Å². The molecule has 3 rings (SSSR count). The van der Waals surface area contributed by atoms with Crippen molar-refractivity contribution in [3.63, 3.8) is 0 Å². The van der Waals surface area contributed by atoms with Crippen LogP contribution in [0.25, 0.3) is 0 Å². The van der Waals surface area contributed by atoms with Gasteiger partial charge >= 0.3 is 0 Å². The van der Waals surface area contributed by atoms with Gasteiger partial charge in [-0.2, -0.15) is 5.26 Å². The van der Waals surface area contributed by atoms with E-state index in [1.54, 1.807) is 17.0 Å². The zero-order chi connectivity index (χ0) is 21.0. The number of carbonyl (C=O) groups excluding carboxylic acids is 1. The third kappa shape index (κ3) is 6.49. The smallest absolute Gasteiger partial charge is 0.254 e. The molecule has 0 saturated heterocycles. The van der Waals surface area contributed by atoms with Gasteiger partial charge in [0, 0.05) is 25.1 Å². The zero-order valence-corrected chi connectivity index (χ0v) is 17.0. The van der Waals surface area contributed by atoms with E-state index >= 15 is 0 Å². The third-order valence-corrected chi connectivity index (χ3v) is 4.88.